The first-order valence-corrected chi connectivity index (χ1v) is 2.97. The zero-order valence-electron chi connectivity index (χ0n) is 6.08. The highest BCUT2D eigenvalue weighted by Crippen LogP contribution is 2.49. The van der Waals surface area contributed by atoms with Crippen LogP contribution in [-0.4, -0.2) is 35.8 Å². The van der Waals surface area contributed by atoms with Crippen molar-refractivity contribution in [3.63, 3.8) is 0 Å². The second-order valence-corrected chi connectivity index (χ2v) is 2.39. The van der Waals surface area contributed by atoms with E-state index >= 15 is 0 Å². The van der Waals surface area contributed by atoms with Crippen LogP contribution in [0.1, 0.15) is 0 Å². The van der Waals surface area contributed by atoms with Gasteiger partial charge in [-0.3, -0.25) is 0 Å². The summed E-state index contributed by atoms with van der Waals surface area (Å²) in [6.07, 6.45) is -11.5. The third kappa shape index (κ3) is 1.88. The van der Waals surface area contributed by atoms with Crippen molar-refractivity contribution in [1.29, 1.82) is 0 Å². The average Bonchev–Trinajstić information content (AvgIpc) is 1.84. The summed E-state index contributed by atoms with van der Waals surface area (Å²) >= 11 is 0. The summed E-state index contributed by atoms with van der Waals surface area (Å²) in [6.45, 7) is -4.45. The van der Waals surface area contributed by atoms with Crippen LogP contribution >= 0.6 is 0 Å². The number of halogens is 6. The summed E-state index contributed by atoms with van der Waals surface area (Å²) < 4.78 is 71.0. The maximum atomic E-state index is 11.8. The first kappa shape index (κ1) is 12.5. The second kappa shape index (κ2) is 3.33. The summed E-state index contributed by atoms with van der Waals surface area (Å²) in [6, 6.07) is 0. The van der Waals surface area contributed by atoms with Gasteiger partial charge in [-0.05, 0) is 0 Å². The number of hydrogen-bond donors (Lipinski definition) is 2. The summed E-state index contributed by atoms with van der Waals surface area (Å²) in [7, 11) is 0. The second-order valence-electron chi connectivity index (χ2n) is 2.39. The Labute approximate surface area is 68.8 Å². The number of rotatable bonds is 2. The Hall–Kier alpha value is -0.500. The van der Waals surface area contributed by atoms with Crippen molar-refractivity contribution in [3.05, 3.63) is 0 Å². The van der Waals surface area contributed by atoms with Crippen LogP contribution < -0.4 is 0 Å². The number of aliphatic hydroxyl groups is 2. The zero-order chi connectivity index (χ0) is 10.9. The van der Waals surface area contributed by atoms with E-state index in [1.807, 2.05) is 0 Å². The lowest BCUT2D eigenvalue weighted by Gasteiger charge is -2.33. The molecule has 8 heteroatoms. The van der Waals surface area contributed by atoms with Crippen LogP contribution in [-0.2, 0) is 0 Å². The van der Waals surface area contributed by atoms with E-state index in [-0.39, 0.29) is 0 Å². The summed E-state index contributed by atoms with van der Waals surface area (Å²) in [5.74, 6) is 0. The van der Waals surface area contributed by atoms with E-state index in [0.29, 0.717) is 0 Å². The van der Waals surface area contributed by atoms with Gasteiger partial charge in [-0.1, -0.05) is 0 Å². The molecule has 0 radical (unpaired) electrons. The maximum Gasteiger partial charge on any atom is 0.407 e. The summed E-state index contributed by atoms with van der Waals surface area (Å²) in [4.78, 5) is 0. The van der Waals surface area contributed by atoms with Gasteiger partial charge in [-0.15, -0.1) is 0 Å². The molecule has 0 bridgehead atoms. The van der Waals surface area contributed by atoms with Gasteiger partial charge >= 0.3 is 12.4 Å². The smallest absolute Gasteiger partial charge is 0.395 e. The Balaban J connectivity index is 5.17. The van der Waals surface area contributed by atoms with Crippen molar-refractivity contribution in [2.45, 2.75) is 12.4 Å². The molecule has 0 saturated heterocycles. The highest BCUT2D eigenvalue weighted by molar-refractivity contribution is 4.92. The zero-order valence-corrected chi connectivity index (χ0v) is 6.08. The Kier molecular flexibility index (Phi) is 3.21. The van der Waals surface area contributed by atoms with Gasteiger partial charge in [-0.25, -0.2) is 0 Å². The van der Waals surface area contributed by atoms with Gasteiger partial charge in [0, 0.05) is 0 Å². The molecule has 0 aromatic heterocycles. The van der Waals surface area contributed by atoms with Gasteiger partial charge in [0.05, 0.1) is 13.2 Å². The lowest BCUT2D eigenvalue weighted by molar-refractivity contribution is -0.357. The molecular weight excluding hydrogens is 206 g/mol. The molecule has 0 unspecified atom stereocenters. The van der Waals surface area contributed by atoms with E-state index in [1.54, 1.807) is 0 Å². The van der Waals surface area contributed by atoms with Gasteiger partial charge in [-0.2, -0.15) is 26.3 Å². The minimum atomic E-state index is -5.73. The molecule has 0 fully saturated rings. The van der Waals surface area contributed by atoms with Gasteiger partial charge in [0.15, 0.2) is 0 Å². The predicted molar refractivity (Wildman–Crippen MR) is 28.7 cm³/mol. The molecule has 0 saturated carbocycles. The van der Waals surface area contributed by atoms with Crippen molar-refractivity contribution < 1.29 is 36.6 Å². The van der Waals surface area contributed by atoms with Crippen molar-refractivity contribution in [1.82, 2.24) is 0 Å². The highest BCUT2D eigenvalue weighted by Gasteiger charge is 2.70. The molecule has 0 aliphatic rings. The topological polar surface area (TPSA) is 40.5 Å². The summed E-state index contributed by atoms with van der Waals surface area (Å²) in [5.41, 5.74) is -4.43. The fourth-order valence-electron chi connectivity index (χ4n) is 0.569. The quantitative estimate of drug-likeness (QED) is 0.672. The van der Waals surface area contributed by atoms with E-state index in [9.17, 15) is 26.3 Å². The molecule has 0 amide bonds. The van der Waals surface area contributed by atoms with Crippen molar-refractivity contribution in [3.8, 4) is 0 Å². The molecular formula is C5H6F6O2. The number of alkyl halides is 6. The molecule has 0 spiro atoms. The Morgan fingerprint density at radius 1 is 0.692 bits per heavy atom. The van der Waals surface area contributed by atoms with Crippen molar-refractivity contribution in [2.75, 3.05) is 13.2 Å². The van der Waals surface area contributed by atoms with Crippen LogP contribution in [0.15, 0.2) is 0 Å². The molecule has 0 heterocycles. The monoisotopic (exact) mass is 212 g/mol. The van der Waals surface area contributed by atoms with E-state index < -0.39 is 31.0 Å². The molecule has 0 aromatic carbocycles. The van der Waals surface area contributed by atoms with Crippen molar-refractivity contribution >= 4 is 0 Å². The highest BCUT2D eigenvalue weighted by atomic mass is 19.4. The van der Waals surface area contributed by atoms with E-state index in [4.69, 9.17) is 10.2 Å². The number of hydrogen-bond acceptors (Lipinski definition) is 2. The largest absolute Gasteiger partial charge is 0.407 e. The molecule has 2 N–H and O–H groups in total. The lowest BCUT2D eigenvalue weighted by atomic mass is 9.88. The normalized spacial score (nSPS) is 14.8. The minimum absolute atomic E-state index is 2.23. The first-order valence-electron chi connectivity index (χ1n) is 2.97. The third-order valence-corrected chi connectivity index (χ3v) is 1.63. The molecule has 0 atom stereocenters. The van der Waals surface area contributed by atoms with Crippen LogP contribution in [0.25, 0.3) is 0 Å². The standard InChI is InChI=1S/C5H6F6O2/c6-4(7,8)3(1-12,2-13)5(9,10)11/h12-13H,1-2H2. The van der Waals surface area contributed by atoms with Gasteiger partial charge < -0.3 is 10.2 Å². The first-order chi connectivity index (χ1) is 5.62. The Morgan fingerprint density at radius 3 is 0.923 bits per heavy atom. The molecule has 0 rings (SSSR count). The average molecular weight is 212 g/mol. The lowest BCUT2D eigenvalue weighted by Crippen LogP contribution is -2.55. The van der Waals surface area contributed by atoms with E-state index in [0.717, 1.165) is 0 Å². The van der Waals surface area contributed by atoms with Crippen LogP contribution in [0.5, 0.6) is 0 Å². The van der Waals surface area contributed by atoms with Crippen LogP contribution in [0.2, 0.25) is 0 Å². The molecule has 0 aliphatic carbocycles. The van der Waals surface area contributed by atoms with E-state index in [1.165, 1.54) is 0 Å². The van der Waals surface area contributed by atoms with Gasteiger partial charge in [0.1, 0.15) is 0 Å². The fourth-order valence-corrected chi connectivity index (χ4v) is 0.569. The molecule has 80 valence electrons. The van der Waals surface area contributed by atoms with Crippen LogP contribution in [0, 0.1) is 5.41 Å². The summed E-state index contributed by atoms with van der Waals surface area (Å²) in [5, 5.41) is 16.1. The van der Waals surface area contributed by atoms with Crippen molar-refractivity contribution in [2.24, 2.45) is 5.41 Å². The Bertz CT molecular complexity index is 151. The maximum absolute atomic E-state index is 11.8. The van der Waals surface area contributed by atoms with Crippen LogP contribution in [0.3, 0.4) is 0 Å². The van der Waals surface area contributed by atoms with Gasteiger partial charge in [0.2, 0.25) is 5.41 Å². The molecule has 2 nitrogen and oxygen atoms in total. The number of aliphatic hydroxyl groups excluding tert-OH is 2. The van der Waals surface area contributed by atoms with Crippen LogP contribution in [0.4, 0.5) is 26.3 Å². The Morgan fingerprint density at radius 2 is 0.923 bits per heavy atom. The minimum Gasteiger partial charge on any atom is -0.395 e. The molecule has 0 aromatic rings. The third-order valence-electron chi connectivity index (χ3n) is 1.63. The van der Waals surface area contributed by atoms with Gasteiger partial charge in [0.25, 0.3) is 0 Å². The molecule has 0 aliphatic heterocycles. The molecule has 13 heavy (non-hydrogen) atoms. The van der Waals surface area contributed by atoms with E-state index in [2.05, 4.69) is 0 Å². The predicted octanol–water partition coefficient (Wildman–Crippen LogP) is 1.08. The fraction of sp³-hybridized carbons (Fsp3) is 1.00. The SMILES string of the molecule is OCC(CO)(C(F)(F)F)C(F)(F)F.